The standard InChI is InChI=1S/C12H23NO4/c1-5-6-9(7-10(14)15)8-13-11(16)17-12(2,3)4/h9H,5-8H2,1-4H3,(H,13,16)(H,14,15)/t9-/m0/s1. The zero-order chi connectivity index (χ0) is 13.5. The molecule has 0 aromatic heterocycles. The molecular weight excluding hydrogens is 222 g/mol. The quantitative estimate of drug-likeness (QED) is 0.753. The predicted molar refractivity (Wildman–Crippen MR) is 64.9 cm³/mol. The Bertz CT molecular complexity index is 258. The summed E-state index contributed by atoms with van der Waals surface area (Å²) in [5, 5.41) is 11.3. The van der Waals surface area contributed by atoms with Gasteiger partial charge in [-0.05, 0) is 33.1 Å². The number of carbonyl (C=O) groups excluding carboxylic acids is 1. The van der Waals surface area contributed by atoms with E-state index in [1.165, 1.54) is 0 Å². The molecule has 0 radical (unpaired) electrons. The van der Waals surface area contributed by atoms with Crippen LogP contribution >= 0.6 is 0 Å². The lowest BCUT2D eigenvalue weighted by atomic mass is 10.00. The van der Waals surface area contributed by atoms with Crippen molar-refractivity contribution in [3.63, 3.8) is 0 Å². The lowest BCUT2D eigenvalue weighted by Gasteiger charge is -2.21. The zero-order valence-electron chi connectivity index (χ0n) is 11.1. The molecule has 0 saturated heterocycles. The minimum absolute atomic E-state index is 0.0370. The monoisotopic (exact) mass is 245 g/mol. The largest absolute Gasteiger partial charge is 0.481 e. The first-order chi connectivity index (χ1) is 7.74. The van der Waals surface area contributed by atoms with Crippen LogP contribution in [-0.4, -0.2) is 29.3 Å². The number of rotatable bonds is 6. The molecule has 5 heteroatoms. The molecule has 0 heterocycles. The molecule has 0 saturated carbocycles. The number of aliphatic carboxylic acids is 1. The average Bonchev–Trinajstić information content (AvgIpc) is 2.11. The van der Waals surface area contributed by atoms with E-state index >= 15 is 0 Å². The smallest absolute Gasteiger partial charge is 0.407 e. The van der Waals surface area contributed by atoms with Crippen LogP contribution in [0.5, 0.6) is 0 Å². The number of hydrogen-bond donors (Lipinski definition) is 2. The molecule has 2 N–H and O–H groups in total. The van der Waals surface area contributed by atoms with Crippen molar-refractivity contribution >= 4 is 12.1 Å². The number of carboxylic acids is 1. The first-order valence-corrected chi connectivity index (χ1v) is 5.93. The molecule has 0 rings (SSSR count). The van der Waals surface area contributed by atoms with Crippen molar-refractivity contribution in [1.82, 2.24) is 5.32 Å². The number of carboxylic acid groups (broad SMARTS) is 1. The summed E-state index contributed by atoms with van der Waals surface area (Å²) in [5.74, 6) is -0.876. The van der Waals surface area contributed by atoms with Gasteiger partial charge in [0.2, 0.25) is 0 Å². The number of amides is 1. The highest BCUT2D eigenvalue weighted by Gasteiger charge is 2.18. The summed E-state index contributed by atoms with van der Waals surface area (Å²) in [4.78, 5) is 22.0. The molecule has 0 aliphatic carbocycles. The van der Waals surface area contributed by atoms with Crippen molar-refractivity contribution in [1.29, 1.82) is 0 Å². The third kappa shape index (κ3) is 9.66. The predicted octanol–water partition coefficient (Wildman–Crippen LogP) is 2.40. The highest BCUT2D eigenvalue weighted by molar-refractivity contribution is 5.68. The lowest BCUT2D eigenvalue weighted by molar-refractivity contribution is -0.138. The Labute approximate surface area is 103 Å². The van der Waals surface area contributed by atoms with E-state index in [2.05, 4.69) is 5.32 Å². The van der Waals surface area contributed by atoms with Crippen LogP contribution in [0.1, 0.15) is 47.0 Å². The van der Waals surface area contributed by atoms with Crippen molar-refractivity contribution in [3.8, 4) is 0 Å². The van der Waals surface area contributed by atoms with Crippen LogP contribution in [0.15, 0.2) is 0 Å². The van der Waals surface area contributed by atoms with E-state index in [9.17, 15) is 9.59 Å². The van der Waals surface area contributed by atoms with E-state index in [1.54, 1.807) is 20.8 Å². The zero-order valence-corrected chi connectivity index (χ0v) is 11.1. The SMILES string of the molecule is CCC[C@H](CNC(=O)OC(C)(C)C)CC(=O)O. The van der Waals surface area contributed by atoms with Gasteiger partial charge in [0.1, 0.15) is 5.60 Å². The summed E-state index contributed by atoms with van der Waals surface area (Å²) >= 11 is 0. The summed E-state index contributed by atoms with van der Waals surface area (Å²) in [7, 11) is 0. The summed E-state index contributed by atoms with van der Waals surface area (Å²) < 4.78 is 5.07. The average molecular weight is 245 g/mol. The van der Waals surface area contributed by atoms with E-state index in [1.807, 2.05) is 6.92 Å². The van der Waals surface area contributed by atoms with Crippen molar-refractivity contribution in [2.24, 2.45) is 5.92 Å². The number of ether oxygens (including phenoxy) is 1. The summed E-state index contributed by atoms with van der Waals surface area (Å²) in [6, 6.07) is 0. The van der Waals surface area contributed by atoms with Crippen molar-refractivity contribution in [2.45, 2.75) is 52.6 Å². The highest BCUT2D eigenvalue weighted by Crippen LogP contribution is 2.11. The van der Waals surface area contributed by atoms with E-state index in [0.29, 0.717) is 6.54 Å². The molecule has 1 atom stereocenters. The Balaban J connectivity index is 4.03. The molecule has 0 unspecified atom stereocenters. The van der Waals surface area contributed by atoms with Gasteiger partial charge in [0.05, 0.1) is 0 Å². The van der Waals surface area contributed by atoms with Crippen LogP contribution in [0.3, 0.4) is 0 Å². The Morgan fingerprint density at radius 3 is 2.35 bits per heavy atom. The van der Waals surface area contributed by atoms with Gasteiger partial charge in [-0.25, -0.2) is 4.79 Å². The summed E-state index contributed by atoms with van der Waals surface area (Å²) in [5.41, 5.74) is -0.531. The van der Waals surface area contributed by atoms with Gasteiger partial charge in [-0.3, -0.25) is 4.79 Å². The second-order valence-electron chi connectivity index (χ2n) is 5.14. The molecule has 0 aliphatic rings. The maximum Gasteiger partial charge on any atom is 0.407 e. The lowest BCUT2D eigenvalue weighted by Crippen LogP contribution is -2.35. The van der Waals surface area contributed by atoms with Crippen LogP contribution in [0.25, 0.3) is 0 Å². The fourth-order valence-corrected chi connectivity index (χ4v) is 1.47. The number of alkyl carbamates (subject to hydrolysis) is 1. The fourth-order valence-electron chi connectivity index (χ4n) is 1.47. The van der Waals surface area contributed by atoms with E-state index < -0.39 is 17.7 Å². The summed E-state index contributed by atoms with van der Waals surface area (Å²) in [6.45, 7) is 7.69. The highest BCUT2D eigenvalue weighted by atomic mass is 16.6. The Kier molecular flexibility index (Phi) is 6.61. The van der Waals surface area contributed by atoms with Crippen LogP contribution in [0, 0.1) is 5.92 Å². The third-order valence-electron chi connectivity index (χ3n) is 2.09. The normalized spacial score (nSPS) is 12.9. The Morgan fingerprint density at radius 1 is 1.35 bits per heavy atom. The van der Waals surface area contributed by atoms with Gasteiger partial charge in [-0.2, -0.15) is 0 Å². The molecule has 0 aliphatic heterocycles. The van der Waals surface area contributed by atoms with Crippen LogP contribution in [0.2, 0.25) is 0 Å². The molecule has 5 nitrogen and oxygen atoms in total. The molecular formula is C12H23NO4. The maximum atomic E-state index is 11.4. The number of hydrogen-bond acceptors (Lipinski definition) is 3. The molecule has 1 amide bonds. The van der Waals surface area contributed by atoms with Crippen LogP contribution in [0.4, 0.5) is 4.79 Å². The molecule has 0 spiro atoms. The van der Waals surface area contributed by atoms with Gasteiger partial charge in [-0.1, -0.05) is 13.3 Å². The first kappa shape index (κ1) is 15.7. The van der Waals surface area contributed by atoms with Gasteiger partial charge in [-0.15, -0.1) is 0 Å². The molecule has 17 heavy (non-hydrogen) atoms. The fraction of sp³-hybridized carbons (Fsp3) is 0.833. The van der Waals surface area contributed by atoms with Crippen LogP contribution in [-0.2, 0) is 9.53 Å². The Morgan fingerprint density at radius 2 is 1.94 bits per heavy atom. The van der Waals surface area contributed by atoms with E-state index in [0.717, 1.165) is 12.8 Å². The second-order valence-corrected chi connectivity index (χ2v) is 5.14. The molecule has 100 valence electrons. The number of nitrogens with one attached hydrogen (secondary N) is 1. The van der Waals surface area contributed by atoms with Gasteiger partial charge in [0.15, 0.2) is 0 Å². The molecule has 0 bridgehead atoms. The number of carbonyl (C=O) groups is 2. The van der Waals surface area contributed by atoms with Crippen molar-refractivity contribution < 1.29 is 19.4 Å². The maximum absolute atomic E-state index is 11.4. The molecule has 0 aromatic rings. The van der Waals surface area contributed by atoms with Crippen molar-refractivity contribution in [3.05, 3.63) is 0 Å². The first-order valence-electron chi connectivity index (χ1n) is 5.93. The molecule has 0 aromatic carbocycles. The summed E-state index contributed by atoms with van der Waals surface area (Å²) in [6.07, 6.45) is 1.25. The Hall–Kier alpha value is -1.26. The van der Waals surface area contributed by atoms with Crippen molar-refractivity contribution in [2.75, 3.05) is 6.54 Å². The minimum atomic E-state index is -0.838. The second kappa shape index (κ2) is 7.14. The third-order valence-corrected chi connectivity index (χ3v) is 2.09. The minimum Gasteiger partial charge on any atom is -0.481 e. The van der Waals surface area contributed by atoms with Gasteiger partial charge >= 0.3 is 12.1 Å². The van der Waals surface area contributed by atoms with Crippen LogP contribution < -0.4 is 5.32 Å². The van der Waals surface area contributed by atoms with Gasteiger partial charge < -0.3 is 15.2 Å². The van der Waals surface area contributed by atoms with Gasteiger partial charge in [0.25, 0.3) is 0 Å². The molecule has 0 fully saturated rings. The van der Waals surface area contributed by atoms with Gasteiger partial charge in [0, 0.05) is 13.0 Å². The van der Waals surface area contributed by atoms with E-state index in [-0.39, 0.29) is 12.3 Å². The topological polar surface area (TPSA) is 75.6 Å². The van der Waals surface area contributed by atoms with E-state index in [4.69, 9.17) is 9.84 Å².